The molecule has 0 aliphatic carbocycles. The highest BCUT2D eigenvalue weighted by molar-refractivity contribution is 7.22. The van der Waals surface area contributed by atoms with Crippen LogP contribution in [-0.4, -0.2) is 52.8 Å². The number of carbonyl (C=O) groups is 1. The molecular formula is C18H24ClN5OS. The minimum atomic E-state index is -0.0738. The van der Waals surface area contributed by atoms with Crippen molar-refractivity contribution in [2.24, 2.45) is 7.05 Å². The molecule has 2 aromatic heterocycles. The number of carbonyl (C=O) groups excluding carboxylic acids is 1. The molecule has 140 valence electrons. The fourth-order valence-electron chi connectivity index (χ4n) is 2.79. The fourth-order valence-corrected chi connectivity index (χ4v) is 3.83. The van der Waals surface area contributed by atoms with Crippen LogP contribution in [0, 0.1) is 13.8 Å². The number of nitrogens with zero attached hydrogens (tertiary/aromatic N) is 5. The molecule has 6 nitrogen and oxygen atoms in total. The van der Waals surface area contributed by atoms with Gasteiger partial charge in [-0.15, -0.1) is 12.4 Å². The summed E-state index contributed by atoms with van der Waals surface area (Å²) < 4.78 is 2.74. The first-order chi connectivity index (χ1) is 11.9. The van der Waals surface area contributed by atoms with E-state index >= 15 is 0 Å². The second-order valence-electron chi connectivity index (χ2n) is 6.53. The summed E-state index contributed by atoms with van der Waals surface area (Å²) in [6, 6.07) is 5.96. The minimum absolute atomic E-state index is 0. The van der Waals surface area contributed by atoms with Crippen LogP contribution in [-0.2, 0) is 7.05 Å². The van der Waals surface area contributed by atoms with E-state index in [0.29, 0.717) is 12.2 Å². The van der Waals surface area contributed by atoms with Crippen molar-refractivity contribution in [1.82, 2.24) is 19.7 Å². The highest BCUT2D eigenvalue weighted by Gasteiger charge is 2.23. The Balaban J connectivity index is 0.00000243. The molecule has 0 atom stereocenters. The van der Waals surface area contributed by atoms with Crippen LogP contribution in [0.2, 0.25) is 0 Å². The van der Waals surface area contributed by atoms with Gasteiger partial charge in [0.2, 0.25) is 0 Å². The van der Waals surface area contributed by atoms with Crippen molar-refractivity contribution in [2.75, 3.05) is 32.1 Å². The van der Waals surface area contributed by atoms with Crippen molar-refractivity contribution >= 4 is 45.0 Å². The van der Waals surface area contributed by atoms with Gasteiger partial charge < -0.3 is 4.90 Å². The molecule has 3 aromatic rings. The molecule has 0 bridgehead atoms. The number of fused-ring (bicyclic) bond motifs is 1. The Morgan fingerprint density at radius 1 is 1.23 bits per heavy atom. The molecule has 8 heteroatoms. The molecule has 0 saturated heterocycles. The topological polar surface area (TPSA) is 54.3 Å². The molecule has 0 fully saturated rings. The summed E-state index contributed by atoms with van der Waals surface area (Å²) in [5.41, 5.74) is 3.88. The number of rotatable bonds is 5. The Morgan fingerprint density at radius 2 is 1.96 bits per heavy atom. The maximum atomic E-state index is 13.1. The summed E-state index contributed by atoms with van der Waals surface area (Å²) in [7, 11) is 5.78. The predicted octanol–water partition coefficient (Wildman–Crippen LogP) is 3.28. The molecule has 0 radical (unpaired) electrons. The molecule has 0 aliphatic heterocycles. The Kier molecular flexibility index (Phi) is 6.39. The zero-order valence-electron chi connectivity index (χ0n) is 15.7. The van der Waals surface area contributed by atoms with Crippen molar-refractivity contribution in [3.05, 3.63) is 41.2 Å². The second kappa shape index (κ2) is 8.16. The molecule has 0 unspecified atom stereocenters. The molecule has 1 aromatic carbocycles. The maximum absolute atomic E-state index is 13.1. The summed E-state index contributed by atoms with van der Waals surface area (Å²) in [5.74, 6) is -0.0738. The van der Waals surface area contributed by atoms with Crippen LogP contribution < -0.4 is 4.90 Å². The largest absolute Gasteiger partial charge is 0.308 e. The maximum Gasteiger partial charge on any atom is 0.278 e. The molecule has 0 aliphatic rings. The number of halogens is 1. The zero-order valence-corrected chi connectivity index (χ0v) is 17.3. The van der Waals surface area contributed by atoms with Crippen LogP contribution in [0.25, 0.3) is 10.2 Å². The lowest BCUT2D eigenvalue weighted by atomic mass is 10.1. The van der Waals surface area contributed by atoms with Gasteiger partial charge in [-0.1, -0.05) is 17.4 Å². The Bertz CT molecular complexity index is 918. The van der Waals surface area contributed by atoms with Crippen LogP contribution in [0.15, 0.2) is 24.4 Å². The van der Waals surface area contributed by atoms with E-state index in [4.69, 9.17) is 4.98 Å². The first kappa shape index (κ1) is 20.4. The Hall–Kier alpha value is -1.96. The SMILES string of the molecule is Cc1cc(C)c2sc(N(CCN(C)C)C(=O)c3ccnn3C)nc2c1.Cl. The van der Waals surface area contributed by atoms with Crippen LogP contribution in [0.5, 0.6) is 0 Å². The van der Waals surface area contributed by atoms with Crippen LogP contribution in [0.1, 0.15) is 21.6 Å². The number of hydrogen-bond acceptors (Lipinski definition) is 5. The summed E-state index contributed by atoms with van der Waals surface area (Å²) in [5, 5.41) is 4.85. The van der Waals surface area contributed by atoms with E-state index in [1.165, 1.54) is 11.1 Å². The fraction of sp³-hybridized carbons (Fsp3) is 0.389. The van der Waals surface area contributed by atoms with Gasteiger partial charge in [-0.2, -0.15) is 5.10 Å². The van der Waals surface area contributed by atoms with Gasteiger partial charge in [0.05, 0.1) is 10.2 Å². The third-order valence-corrected chi connectivity index (χ3v) is 5.33. The quantitative estimate of drug-likeness (QED) is 0.667. The first-order valence-electron chi connectivity index (χ1n) is 8.19. The van der Waals surface area contributed by atoms with Crippen LogP contribution in [0.4, 0.5) is 5.13 Å². The number of anilines is 1. The number of benzene rings is 1. The predicted molar refractivity (Wildman–Crippen MR) is 110 cm³/mol. The third kappa shape index (κ3) is 4.06. The van der Waals surface area contributed by atoms with Crippen molar-refractivity contribution in [3.63, 3.8) is 0 Å². The molecule has 26 heavy (non-hydrogen) atoms. The van der Waals surface area contributed by atoms with Gasteiger partial charge in [0, 0.05) is 26.3 Å². The summed E-state index contributed by atoms with van der Waals surface area (Å²) >= 11 is 1.57. The Morgan fingerprint density at radius 3 is 2.58 bits per heavy atom. The van der Waals surface area contributed by atoms with Gasteiger partial charge in [0.15, 0.2) is 5.13 Å². The molecule has 0 N–H and O–H groups in total. The van der Waals surface area contributed by atoms with Crippen LogP contribution in [0.3, 0.4) is 0 Å². The second-order valence-corrected chi connectivity index (χ2v) is 7.50. The van der Waals surface area contributed by atoms with Gasteiger partial charge in [-0.25, -0.2) is 4.98 Å². The monoisotopic (exact) mass is 393 g/mol. The van der Waals surface area contributed by atoms with Gasteiger partial charge in [0.25, 0.3) is 5.91 Å². The standard InChI is InChI=1S/C18H23N5OS.ClH/c1-12-10-13(2)16-14(11-12)20-18(25-16)23(9-8-21(3)4)17(24)15-6-7-19-22(15)5;/h6-7,10-11H,8-9H2,1-5H3;1H. The van der Waals surface area contributed by atoms with Crippen molar-refractivity contribution in [3.8, 4) is 0 Å². The summed E-state index contributed by atoms with van der Waals surface area (Å²) in [6.45, 7) is 5.49. The van der Waals surface area contributed by atoms with Crippen molar-refractivity contribution < 1.29 is 4.79 Å². The smallest absolute Gasteiger partial charge is 0.278 e. The van der Waals surface area contributed by atoms with Crippen LogP contribution >= 0.6 is 23.7 Å². The van der Waals surface area contributed by atoms with E-state index < -0.39 is 0 Å². The Labute approximate surface area is 163 Å². The van der Waals surface area contributed by atoms with E-state index in [2.05, 4.69) is 36.0 Å². The summed E-state index contributed by atoms with van der Waals surface area (Å²) in [6.07, 6.45) is 1.64. The van der Waals surface area contributed by atoms with E-state index in [1.807, 2.05) is 14.1 Å². The van der Waals surface area contributed by atoms with Crippen molar-refractivity contribution in [1.29, 1.82) is 0 Å². The van der Waals surface area contributed by atoms with E-state index in [-0.39, 0.29) is 18.3 Å². The number of likely N-dealkylation sites (N-methyl/N-ethyl adjacent to an activating group) is 1. The molecular weight excluding hydrogens is 370 g/mol. The molecule has 1 amide bonds. The average Bonchev–Trinajstić information content (AvgIpc) is 3.13. The number of thiazole rings is 1. The molecule has 3 rings (SSSR count). The zero-order chi connectivity index (χ0) is 18.1. The van der Waals surface area contributed by atoms with E-state index in [1.54, 1.807) is 40.2 Å². The van der Waals surface area contributed by atoms with Gasteiger partial charge >= 0.3 is 0 Å². The van der Waals surface area contributed by atoms with E-state index in [0.717, 1.165) is 21.9 Å². The molecule has 0 spiro atoms. The van der Waals surface area contributed by atoms with E-state index in [9.17, 15) is 4.79 Å². The van der Waals surface area contributed by atoms with Gasteiger partial charge in [-0.3, -0.25) is 14.4 Å². The third-order valence-electron chi connectivity index (χ3n) is 4.10. The normalized spacial score (nSPS) is 11.0. The number of amides is 1. The lowest BCUT2D eigenvalue weighted by Crippen LogP contribution is -2.37. The number of aromatic nitrogens is 3. The lowest BCUT2D eigenvalue weighted by molar-refractivity contribution is 0.0976. The first-order valence-corrected chi connectivity index (χ1v) is 9.01. The molecule has 2 heterocycles. The van der Waals surface area contributed by atoms with Gasteiger partial charge in [0.1, 0.15) is 5.69 Å². The molecule has 0 saturated carbocycles. The highest BCUT2D eigenvalue weighted by Crippen LogP contribution is 2.32. The van der Waals surface area contributed by atoms with Gasteiger partial charge in [-0.05, 0) is 51.2 Å². The minimum Gasteiger partial charge on any atom is -0.308 e. The highest BCUT2D eigenvalue weighted by atomic mass is 35.5. The lowest BCUT2D eigenvalue weighted by Gasteiger charge is -2.21. The number of hydrogen-bond donors (Lipinski definition) is 0. The number of aryl methyl sites for hydroxylation is 3. The van der Waals surface area contributed by atoms with Crippen molar-refractivity contribution in [2.45, 2.75) is 13.8 Å². The average molecular weight is 394 g/mol. The summed E-state index contributed by atoms with van der Waals surface area (Å²) in [4.78, 5) is 21.7.